The zero-order valence-corrected chi connectivity index (χ0v) is 10.6. The second kappa shape index (κ2) is 5.49. The summed E-state index contributed by atoms with van der Waals surface area (Å²) in [5.74, 6) is -0.115. The van der Waals surface area contributed by atoms with E-state index in [1.807, 2.05) is 0 Å². The van der Waals surface area contributed by atoms with Crippen LogP contribution >= 0.6 is 0 Å². The highest BCUT2D eigenvalue weighted by Gasteiger charge is 2.08. The monoisotopic (exact) mass is 257 g/mol. The number of amides is 1. The number of aromatic nitrogens is 1. The fourth-order valence-corrected chi connectivity index (χ4v) is 1.62. The predicted octanol–water partition coefficient (Wildman–Crippen LogP) is 1.81. The number of aryl methyl sites for hydroxylation is 1. The number of anilines is 1. The van der Waals surface area contributed by atoms with Crippen LogP contribution in [0.1, 0.15) is 21.6 Å². The minimum atomic E-state index is -0.264. The van der Waals surface area contributed by atoms with Gasteiger partial charge in [0.25, 0.3) is 5.91 Å². The maximum Gasteiger partial charge on any atom is 0.255 e. The van der Waals surface area contributed by atoms with Gasteiger partial charge in [-0.1, -0.05) is 6.07 Å². The van der Waals surface area contributed by atoms with Gasteiger partial charge in [0.1, 0.15) is 5.75 Å². The molecule has 0 unspecified atom stereocenters. The molecule has 2 rings (SSSR count). The molecule has 0 radical (unpaired) electrons. The Morgan fingerprint density at radius 2 is 2.16 bits per heavy atom. The van der Waals surface area contributed by atoms with E-state index in [4.69, 9.17) is 5.73 Å². The smallest absolute Gasteiger partial charge is 0.255 e. The largest absolute Gasteiger partial charge is 0.508 e. The molecule has 1 heterocycles. The van der Waals surface area contributed by atoms with Gasteiger partial charge >= 0.3 is 0 Å². The Bertz CT molecular complexity index is 611. The second-order valence-electron chi connectivity index (χ2n) is 4.20. The molecule has 0 aliphatic carbocycles. The van der Waals surface area contributed by atoms with Crippen LogP contribution in [0.15, 0.2) is 36.5 Å². The first-order chi connectivity index (χ1) is 9.10. The molecule has 0 saturated heterocycles. The van der Waals surface area contributed by atoms with Crippen molar-refractivity contribution in [2.75, 3.05) is 5.32 Å². The lowest BCUT2D eigenvalue weighted by molar-refractivity contribution is 0.102. The molecular formula is C14H15N3O2. The van der Waals surface area contributed by atoms with Crippen molar-refractivity contribution in [1.29, 1.82) is 0 Å². The summed E-state index contributed by atoms with van der Waals surface area (Å²) in [5, 5.41) is 12.3. The number of benzene rings is 1. The maximum atomic E-state index is 12.0. The summed E-state index contributed by atoms with van der Waals surface area (Å²) in [6.07, 6.45) is 1.55. The number of hydrogen-bond donors (Lipinski definition) is 3. The van der Waals surface area contributed by atoms with Crippen molar-refractivity contribution in [1.82, 2.24) is 4.98 Å². The molecule has 0 aliphatic heterocycles. The number of carbonyl (C=O) groups excluding carboxylic acids is 1. The van der Waals surface area contributed by atoms with Gasteiger partial charge in [0.15, 0.2) is 0 Å². The summed E-state index contributed by atoms with van der Waals surface area (Å²) in [5.41, 5.74) is 7.91. The molecule has 98 valence electrons. The summed E-state index contributed by atoms with van der Waals surface area (Å²) < 4.78 is 0. The van der Waals surface area contributed by atoms with Crippen LogP contribution < -0.4 is 11.1 Å². The average molecular weight is 257 g/mol. The van der Waals surface area contributed by atoms with Crippen LogP contribution in [0, 0.1) is 6.92 Å². The maximum absolute atomic E-state index is 12.0. The minimum absolute atomic E-state index is 0.148. The fraction of sp³-hybridized carbons (Fsp3) is 0.143. The predicted molar refractivity (Wildman–Crippen MR) is 72.9 cm³/mol. The van der Waals surface area contributed by atoms with Crippen molar-refractivity contribution in [2.24, 2.45) is 5.73 Å². The summed E-state index contributed by atoms with van der Waals surface area (Å²) in [6.45, 7) is 2.07. The molecule has 0 atom stereocenters. The Morgan fingerprint density at radius 3 is 2.84 bits per heavy atom. The molecule has 1 amide bonds. The topological polar surface area (TPSA) is 88.2 Å². The van der Waals surface area contributed by atoms with Crippen molar-refractivity contribution in [3.8, 4) is 5.75 Å². The number of nitrogens with zero attached hydrogens (tertiary/aromatic N) is 1. The van der Waals surface area contributed by atoms with Crippen LogP contribution in [0.2, 0.25) is 0 Å². The van der Waals surface area contributed by atoms with Gasteiger partial charge < -0.3 is 16.2 Å². The van der Waals surface area contributed by atoms with E-state index in [1.54, 1.807) is 37.4 Å². The zero-order chi connectivity index (χ0) is 13.8. The zero-order valence-electron chi connectivity index (χ0n) is 10.6. The van der Waals surface area contributed by atoms with Gasteiger partial charge in [-0.05, 0) is 30.7 Å². The van der Waals surface area contributed by atoms with E-state index in [9.17, 15) is 9.90 Å². The molecule has 1 aromatic heterocycles. The van der Waals surface area contributed by atoms with E-state index >= 15 is 0 Å². The molecule has 19 heavy (non-hydrogen) atoms. The second-order valence-corrected chi connectivity index (χ2v) is 4.20. The van der Waals surface area contributed by atoms with Gasteiger partial charge in [0.2, 0.25) is 0 Å². The van der Waals surface area contributed by atoms with Crippen LogP contribution in [0.3, 0.4) is 0 Å². The normalized spacial score (nSPS) is 10.2. The first-order valence-corrected chi connectivity index (χ1v) is 5.86. The standard InChI is InChI=1S/C14H15N3O2/c1-9-2-3-11(7-13(9)18)17-14(19)10-4-5-16-12(6-10)8-15/h2-7,18H,8,15H2,1H3,(H,17,19). The molecule has 0 aliphatic rings. The van der Waals surface area contributed by atoms with E-state index in [0.29, 0.717) is 16.9 Å². The lowest BCUT2D eigenvalue weighted by Gasteiger charge is -2.07. The summed E-state index contributed by atoms with van der Waals surface area (Å²) in [6, 6.07) is 8.24. The molecule has 4 N–H and O–H groups in total. The lowest BCUT2D eigenvalue weighted by Crippen LogP contribution is -2.13. The minimum Gasteiger partial charge on any atom is -0.508 e. The van der Waals surface area contributed by atoms with Gasteiger partial charge in [-0.2, -0.15) is 0 Å². The summed E-state index contributed by atoms with van der Waals surface area (Å²) >= 11 is 0. The third-order valence-electron chi connectivity index (χ3n) is 2.75. The number of pyridine rings is 1. The highest BCUT2D eigenvalue weighted by molar-refractivity contribution is 6.04. The fourth-order valence-electron chi connectivity index (χ4n) is 1.62. The highest BCUT2D eigenvalue weighted by atomic mass is 16.3. The first-order valence-electron chi connectivity index (χ1n) is 5.86. The quantitative estimate of drug-likeness (QED) is 0.782. The van der Waals surface area contributed by atoms with Crippen LogP contribution in [0.4, 0.5) is 5.69 Å². The van der Waals surface area contributed by atoms with Gasteiger partial charge in [0, 0.05) is 30.1 Å². The SMILES string of the molecule is Cc1ccc(NC(=O)c2ccnc(CN)c2)cc1O. The van der Waals surface area contributed by atoms with Crippen molar-refractivity contribution in [2.45, 2.75) is 13.5 Å². The molecule has 0 fully saturated rings. The third-order valence-corrected chi connectivity index (χ3v) is 2.75. The summed E-state index contributed by atoms with van der Waals surface area (Å²) in [4.78, 5) is 16.0. The Kier molecular flexibility index (Phi) is 3.77. The van der Waals surface area contributed by atoms with E-state index in [2.05, 4.69) is 10.3 Å². The molecule has 0 bridgehead atoms. The Morgan fingerprint density at radius 1 is 1.37 bits per heavy atom. The van der Waals surface area contributed by atoms with Gasteiger partial charge in [-0.15, -0.1) is 0 Å². The van der Waals surface area contributed by atoms with Gasteiger partial charge in [-0.3, -0.25) is 9.78 Å². The molecule has 5 nitrogen and oxygen atoms in total. The van der Waals surface area contributed by atoms with Crippen molar-refractivity contribution in [3.63, 3.8) is 0 Å². The number of carbonyl (C=O) groups is 1. The Hall–Kier alpha value is -2.40. The Labute approximate surface area is 111 Å². The van der Waals surface area contributed by atoms with E-state index in [0.717, 1.165) is 5.56 Å². The van der Waals surface area contributed by atoms with Gasteiger partial charge in [-0.25, -0.2) is 0 Å². The van der Waals surface area contributed by atoms with Crippen molar-refractivity contribution in [3.05, 3.63) is 53.3 Å². The van der Waals surface area contributed by atoms with Crippen molar-refractivity contribution >= 4 is 11.6 Å². The number of rotatable bonds is 3. The van der Waals surface area contributed by atoms with Crippen LogP contribution in [0.5, 0.6) is 5.75 Å². The van der Waals surface area contributed by atoms with E-state index in [-0.39, 0.29) is 18.2 Å². The molecule has 0 saturated carbocycles. The summed E-state index contributed by atoms with van der Waals surface area (Å²) in [7, 11) is 0. The lowest BCUT2D eigenvalue weighted by atomic mass is 10.2. The van der Waals surface area contributed by atoms with Crippen LogP contribution in [-0.2, 0) is 6.54 Å². The van der Waals surface area contributed by atoms with Crippen LogP contribution in [-0.4, -0.2) is 16.0 Å². The number of phenolic OH excluding ortho intramolecular Hbond substituents is 1. The Balaban J connectivity index is 2.18. The number of phenols is 1. The van der Waals surface area contributed by atoms with E-state index < -0.39 is 0 Å². The number of aromatic hydroxyl groups is 1. The molecule has 5 heteroatoms. The highest BCUT2D eigenvalue weighted by Crippen LogP contribution is 2.21. The average Bonchev–Trinajstić information content (AvgIpc) is 2.43. The van der Waals surface area contributed by atoms with E-state index in [1.165, 1.54) is 6.07 Å². The molecule has 0 spiro atoms. The number of nitrogens with one attached hydrogen (secondary N) is 1. The number of hydrogen-bond acceptors (Lipinski definition) is 4. The molecule has 2 aromatic rings. The molecule has 1 aromatic carbocycles. The molecular weight excluding hydrogens is 242 g/mol. The third kappa shape index (κ3) is 3.08. The van der Waals surface area contributed by atoms with Crippen molar-refractivity contribution < 1.29 is 9.90 Å². The van der Waals surface area contributed by atoms with Crippen LogP contribution in [0.25, 0.3) is 0 Å². The first kappa shape index (κ1) is 13.0. The van der Waals surface area contributed by atoms with Gasteiger partial charge in [0.05, 0.1) is 5.69 Å². The number of nitrogens with two attached hydrogens (primary N) is 1.